The topological polar surface area (TPSA) is 93.7 Å². The van der Waals surface area contributed by atoms with Crippen LogP contribution in [0.15, 0.2) is 48.5 Å². The van der Waals surface area contributed by atoms with Crippen LogP contribution < -0.4 is 15.4 Å². The fraction of sp³-hybridized carbons (Fsp3) is 0.136. The first-order valence-corrected chi connectivity index (χ1v) is 10.3. The zero-order valence-corrected chi connectivity index (χ0v) is 18.5. The number of thiophene rings is 1. The maximum Gasteiger partial charge on any atom is 0.341 e. The molecular formula is C22H19ClN2O5S. The molecule has 2 amide bonds. The maximum absolute atomic E-state index is 12.9. The van der Waals surface area contributed by atoms with Gasteiger partial charge in [-0.3, -0.25) is 9.59 Å². The van der Waals surface area contributed by atoms with E-state index in [-0.39, 0.29) is 15.4 Å². The molecule has 9 heteroatoms. The first-order valence-electron chi connectivity index (χ1n) is 9.08. The number of hydrogen-bond donors (Lipinski definition) is 2. The molecule has 0 aliphatic heterocycles. The van der Waals surface area contributed by atoms with E-state index in [1.807, 2.05) is 0 Å². The summed E-state index contributed by atoms with van der Waals surface area (Å²) in [5.41, 5.74) is 1.32. The Kier molecular flexibility index (Phi) is 6.94. The zero-order chi connectivity index (χ0) is 22.5. The molecule has 2 N–H and O–H groups in total. The van der Waals surface area contributed by atoms with Crippen LogP contribution in [0.1, 0.15) is 36.0 Å². The quantitative estimate of drug-likeness (QED) is 0.506. The van der Waals surface area contributed by atoms with Gasteiger partial charge >= 0.3 is 5.97 Å². The first kappa shape index (κ1) is 22.3. The SMILES string of the molecule is COC(=O)c1c(NC(=O)c2ccc(OC)cc2)sc(C(=O)Nc2ccccc2Cl)c1C. The number of anilines is 2. The van der Waals surface area contributed by atoms with Crippen LogP contribution in [0, 0.1) is 6.92 Å². The van der Waals surface area contributed by atoms with Crippen LogP contribution in [-0.4, -0.2) is 32.0 Å². The molecule has 0 aliphatic carbocycles. The van der Waals surface area contributed by atoms with Gasteiger partial charge in [-0.25, -0.2) is 4.79 Å². The summed E-state index contributed by atoms with van der Waals surface area (Å²) >= 11 is 7.09. The second-order valence-corrected chi connectivity index (χ2v) is 7.80. The minimum atomic E-state index is -0.657. The highest BCUT2D eigenvalue weighted by molar-refractivity contribution is 7.19. The van der Waals surface area contributed by atoms with Crippen molar-refractivity contribution in [1.29, 1.82) is 0 Å². The van der Waals surface area contributed by atoms with Gasteiger partial charge < -0.3 is 20.1 Å². The van der Waals surface area contributed by atoms with Crippen molar-refractivity contribution in [3.63, 3.8) is 0 Å². The fourth-order valence-electron chi connectivity index (χ4n) is 2.83. The molecule has 160 valence electrons. The molecule has 1 aromatic heterocycles. The normalized spacial score (nSPS) is 10.3. The lowest BCUT2D eigenvalue weighted by Gasteiger charge is -2.07. The van der Waals surface area contributed by atoms with E-state index in [0.717, 1.165) is 11.3 Å². The van der Waals surface area contributed by atoms with Gasteiger partial charge in [0.15, 0.2) is 0 Å². The highest BCUT2D eigenvalue weighted by Gasteiger charge is 2.27. The maximum atomic E-state index is 12.9. The van der Waals surface area contributed by atoms with Crippen molar-refractivity contribution in [2.45, 2.75) is 6.92 Å². The molecule has 31 heavy (non-hydrogen) atoms. The molecule has 0 bridgehead atoms. The number of para-hydroxylation sites is 1. The van der Waals surface area contributed by atoms with Crippen molar-refractivity contribution in [3.05, 3.63) is 75.1 Å². The van der Waals surface area contributed by atoms with E-state index in [1.54, 1.807) is 55.5 Å². The second-order valence-electron chi connectivity index (χ2n) is 6.37. The van der Waals surface area contributed by atoms with Crippen LogP contribution in [0.4, 0.5) is 10.7 Å². The van der Waals surface area contributed by atoms with E-state index in [2.05, 4.69) is 10.6 Å². The predicted octanol–water partition coefficient (Wildman–Crippen LogP) is 5.01. The zero-order valence-electron chi connectivity index (χ0n) is 16.9. The Labute approximate surface area is 187 Å². The van der Waals surface area contributed by atoms with Gasteiger partial charge in [0.25, 0.3) is 11.8 Å². The number of amides is 2. The van der Waals surface area contributed by atoms with Gasteiger partial charge in [-0.05, 0) is 48.9 Å². The van der Waals surface area contributed by atoms with Crippen molar-refractivity contribution in [1.82, 2.24) is 0 Å². The Morgan fingerprint density at radius 1 is 0.935 bits per heavy atom. The number of benzene rings is 2. The van der Waals surface area contributed by atoms with E-state index in [9.17, 15) is 14.4 Å². The summed E-state index contributed by atoms with van der Waals surface area (Å²) in [4.78, 5) is 38.2. The van der Waals surface area contributed by atoms with E-state index >= 15 is 0 Å². The largest absolute Gasteiger partial charge is 0.497 e. The first-order chi connectivity index (χ1) is 14.8. The molecule has 0 fully saturated rings. The summed E-state index contributed by atoms with van der Waals surface area (Å²) in [6, 6.07) is 13.3. The average molecular weight is 459 g/mol. The molecule has 0 aliphatic rings. The van der Waals surface area contributed by atoms with Crippen molar-refractivity contribution in [3.8, 4) is 5.75 Å². The van der Waals surface area contributed by atoms with Crippen molar-refractivity contribution in [2.24, 2.45) is 0 Å². The van der Waals surface area contributed by atoms with Gasteiger partial charge in [0.1, 0.15) is 10.8 Å². The Balaban J connectivity index is 1.92. The van der Waals surface area contributed by atoms with E-state index in [1.165, 1.54) is 14.2 Å². The highest BCUT2D eigenvalue weighted by atomic mass is 35.5. The number of rotatable bonds is 6. The number of carbonyl (C=O) groups excluding carboxylic acids is 3. The molecular weight excluding hydrogens is 440 g/mol. The third-order valence-corrected chi connectivity index (χ3v) is 5.98. The minimum Gasteiger partial charge on any atom is -0.497 e. The Hall–Kier alpha value is -3.36. The molecule has 2 aromatic carbocycles. The Morgan fingerprint density at radius 2 is 1.61 bits per heavy atom. The Bertz CT molecular complexity index is 1140. The van der Waals surface area contributed by atoms with Gasteiger partial charge in [0, 0.05) is 5.56 Å². The van der Waals surface area contributed by atoms with Crippen molar-refractivity contribution in [2.75, 3.05) is 24.9 Å². The summed E-state index contributed by atoms with van der Waals surface area (Å²) in [6.45, 7) is 1.62. The molecule has 0 saturated carbocycles. The average Bonchev–Trinajstić information content (AvgIpc) is 3.10. The van der Waals surface area contributed by atoms with Crippen LogP contribution in [0.25, 0.3) is 0 Å². The summed E-state index contributed by atoms with van der Waals surface area (Å²) in [6.07, 6.45) is 0. The number of esters is 1. The number of hydrogen-bond acceptors (Lipinski definition) is 6. The standard InChI is InChI=1S/C22H19ClN2O5S/c1-12-17(22(28)30-3)21(25-19(26)13-8-10-14(29-2)11-9-13)31-18(12)20(27)24-16-7-5-4-6-15(16)23/h4-11H,1-3H3,(H,24,27)(H,25,26). The monoisotopic (exact) mass is 458 g/mol. The van der Waals surface area contributed by atoms with Crippen LogP contribution in [-0.2, 0) is 4.74 Å². The lowest BCUT2D eigenvalue weighted by molar-refractivity contribution is 0.0601. The molecule has 0 radical (unpaired) electrons. The van der Waals surface area contributed by atoms with E-state index < -0.39 is 17.8 Å². The minimum absolute atomic E-state index is 0.124. The van der Waals surface area contributed by atoms with Gasteiger partial charge in [-0.1, -0.05) is 23.7 Å². The molecule has 7 nitrogen and oxygen atoms in total. The van der Waals surface area contributed by atoms with Crippen molar-refractivity contribution >= 4 is 51.4 Å². The van der Waals surface area contributed by atoms with Gasteiger partial charge in [-0.15, -0.1) is 11.3 Å². The molecule has 0 saturated heterocycles. The summed E-state index contributed by atoms with van der Waals surface area (Å²) < 4.78 is 9.94. The smallest absolute Gasteiger partial charge is 0.341 e. The highest BCUT2D eigenvalue weighted by Crippen LogP contribution is 2.35. The number of ether oxygens (including phenoxy) is 2. The van der Waals surface area contributed by atoms with Gasteiger partial charge in [-0.2, -0.15) is 0 Å². The summed E-state index contributed by atoms with van der Waals surface area (Å²) in [7, 11) is 2.76. The third-order valence-electron chi connectivity index (χ3n) is 4.44. The molecule has 0 atom stereocenters. The third kappa shape index (κ3) is 4.87. The molecule has 3 rings (SSSR count). The number of nitrogens with one attached hydrogen (secondary N) is 2. The van der Waals surface area contributed by atoms with Crippen LogP contribution >= 0.6 is 22.9 Å². The van der Waals surface area contributed by atoms with Crippen molar-refractivity contribution < 1.29 is 23.9 Å². The fourth-order valence-corrected chi connectivity index (χ4v) is 4.09. The molecule has 1 heterocycles. The second kappa shape index (κ2) is 9.63. The summed E-state index contributed by atoms with van der Waals surface area (Å²) in [5, 5.41) is 6.02. The number of carbonyl (C=O) groups is 3. The molecule has 0 spiro atoms. The lowest BCUT2D eigenvalue weighted by Crippen LogP contribution is -2.14. The van der Waals surface area contributed by atoms with Crippen LogP contribution in [0.5, 0.6) is 5.75 Å². The van der Waals surface area contributed by atoms with Gasteiger partial charge in [0.05, 0.1) is 35.4 Å². The van der Waals surface area contributed by atoms with Crippen LogP contribution in [0.3, 0.4) is 0 Å². The lowest BCUT2D eigenvalue weighted by atomic mass is 10.1. The molecule has 3 aromatic rings. The predicted molar refractivity (Wildman–Crippen MR) is 121 cm³/mol. The summed E-state index contributed by atoms with van der Waals surface area (Å²) in [5.74, 6) is -0.939. The Morgan fingerprint density at radius 3 is 2.23 bits per heavy atom. The number of methoxy groups -OCH3 is 2. The van der Waals surface area contributed by atoms with Crippen LogP contribution in [0.2, 0.25) is 5.02 Å². The number of halogens is 1. The molecule has 0 unspecified atom stereocenters. The van der Waals surface area contributed by atoms with Gasteiger partial charge in [0.2, 0.25) is 0 Å². The van der Waals surface area contributed by atoms with E-state index in [0.29, 0.717) is 27.6 Å². The van der Waals surface area contributed by atoms with E-state index in [4.69, 9.17) is 21.1 Å².